The highest BCUT2D eigenvalue weighted by Gasteiger charge is 2.47. The Labute approximate surface area is 239 Å². The number of methoxy groups -OCH3 is 3. The van der Waals surface area contributed by atoms with E-state index in [-0.39, 0.29) is 23.9 Å². The zero-order valence-corrected chi connectivity index (χ0v) is 24.6. The van der Waals surface area contributed by atoms with Crippen LogP contribution in [-0.2, 0) is 16.1 Å². The van der Waals surface area contributed by atoms with Crippen LogP contribution in [0.3, 0.4) is 0 Å². The minimum atomic E-state index is -0.472. The number of halogens is 2. The van der Waals surface area contributed by atoms with Gasteiger partial charge in [0.15, 0.2) is 11.5 Å². The normalized spacial score (nSPS) is 17.6. The van der Waals surface area contributed by atoms with Crippen LogP contribution in [0, 0.1) is 5.41 Å². The van der Waals surface area contributed by atoms with Crippen molar-refractivity contribution in [3.05, 3.63) is 58.1 Å². The first-order chi connectivity index (χ1) is 17.9. The van der Waals surface area contributed by atoms with Gasteiger partial charge in [0.1, 0.15) is 0 Å². The summed E-state index contributed by atoms with van der Waals surface area (Å²) >= 11 is 3.47. The van der Waals surface area contributed by atoms with Crippen molar-refractivity contribution in [2.24, 2.45) is 5.41 Å². The van der Waals surface area contributed by atoms with Gasteiger partial charge >= 0.3 is 6.09 Å². The first-order valence-corrected chi connectivity index (χ1v) is 13.5. The third-order valence-corrected chi connectivity index (χ3v) is 8.25. The Morgan fingerprint density at radius 1 is 1.00 bits per heavy atom. The van der Waals surface area contributed by atoms with Crippen LogP contribution in [-0.4, -0.2) is 69.3 Å². The van der Waals surface area contributed by atoms with Gasteiger partial charge in [-0.3, -0.25) is 4.79 Å². The zero-order valence-electron chi connectivity index (χ0n) is 22.2. The van der Waals surface area contributed by atoms with Crippen LogP contribution in [0.5, 0.6) is 11.5 Å². The second-order valence-electron chi connectivity index (χ2n) is 9.82. The van der Waals surface area contributed by atoms with Crippen LogP contribution >= 0.6 is 28.3 Å². The van der Waals surface area contributed by atoms with Crippen LogP contribution in [0.2, 0.25) is 0 Å². The summed E-state index contributed by atoms with van der Waals surface area (Å²) in [6.07, 6.45) is 2.90. The molecule has 0 bridgehead atoms. The van der Waals surface area contributed by atoms with Gasteiger partial charge in [-0.1, -0.05) is 34.1 Å². The molecule has 2 aromatic carbocycles. The first-order valence-electron chi connectivity index (χ1n) is 12.7. The van der Waals surface area contributed by atoms with Crippen molar-refractivity contribution in [3.63, 3.8) is 0 Å². The fraction of sp³-hybridized carbons (Fsp3) is 0.500. The number of amides is 2. The SMILES string of the molecule is COC(=O)NC(CCN1CCC2(CC1)CCN(Cc1ccc(Br)cc1)C2=O)c1ccc(OC)c(OC)c1.Cl. The fourth-order valence-electron chi connectivity index (χ4n) is 5.43. The predicted octanol–water partition coefficient (Wildman–Crippen LogP) is 5.19. The summed E-state index contributed by atoms with van der Waals surface area (Å²) in [5.41, 5.74) is 1.84. The molecule has 2 heterocycles. The van der Waals surface area contributed by atoms with Gasteiger partial charge in [0.2, 0.25) is 5.91 Å². The lowest BCUT2D eigenvalue weighted by Gasteiger charge is -2.38. The van der Waals surface area contributed by atoms with Crippen molar-refractivity contribution in [3.8, 4) is 11.5 Å². The molecule has 2 fully saturated rings. The third-order valence-electron chi connectivity index (χ3n) is 7.72. The summed E-state index contributed by atoms with van der Waals surface area (Å²) in [5, 5.41) is 2.95. The standard InChI is InChI=1S/C28H36BrN3O5.ClH/c1-35-24-9-6-21(18-25(24)36-2)23(30-27(34)37-3)10-14-31-15-11-28(12-16-31)13-17-32(26(28)33)19-20-4-7-22(29)8-5-20;/h4-9,18,23H,10-17,19H2,1-3H3,(H,30,34);1H. The average molecular weight is 611 g/mol. The fourth-order valence-corrected chi connectivity index (χ4v) is 5.69. The molecule has 0 radical (unpaired) electrons. The minimum Gasteiger partial charge on any atom is -0.493 e. The highest BCUT2D eigenvalue weighted by molar-refractivity contribution is 9.10. The largest absolute Gasteiger partial charge is 0.493 e. The summed E-state index contributed by atoms with van der Waals surface area (Å²) in [5.74, 6) is 1.55. The molecule has 2 aliphatic rings. The zero-order chi connectivity index (χ0) is 26.4. The van der Waals surface area contributed by atoms with E-state index in [1.807, 2.05) is 35.2 Å². The molecule has 1 N–H and O–H groups in total. The number of ether oxygens (including phenoxy) is 3. The molecule has 1 atom stereocenters. The van der Waals surface area contributed by atoms with Crippen molar-refractivity contribution in [2.75, 3.05) is 47.5 Å². The van der Waals surface area contributed by atoms with Crippen molar-refractivity contribution in [1.29, 1.82) is 0 Å². The van der Waals surface area contributed by atoms with Gasteiger partial charge in [0.05, 0.1) is 32.8 Å². The van der Waals surface area contributed by atoms with E-state index in [9.17, 15) is 9.59 Å². The maximum Gasteiger partial charge on any atom is 0.407 e. The number of piperidine rings is 1. The second-order valence-corrected chi connectivity index (χ2v) is 10.7. The number of benzene rings is 2. The van der Waals surface area contributed by atoms with E-state index in [2.05, 4.69) is 38.3 Å². The molecular formula is C28H37BrClN3O5. The van der Waals surface area contributed by atoms with Crippen LogP contribution in [0.25, 0.3) is 0 Å². The molecule has 10 heteroatoms. The van der Waals surface area contributed by atoms with E-state index in [0.717, 1.165) is 61.0 Å². The molecule has 4 rings (SSSR count). The van der Waals surface area contributed by atoms with Crippen LogP contribution in [0.1, 0.15) is 42.9 Å². The lowest BCUT2D eigenvalue weighted by molar-refractivity contribution is -0.138. The summed E-state index contributed by atoms with van der Waals surface area (Å²) in [6, 6.07) is 13.6. The van der Waals surface area contributed by atoms with Crippen LogP contribution in [0.4, 0.5) is 4.79 Å². The number of alkyl carbamates (subject to hydrolysis) is 1. The molecule has 8 nitrogen and oxygen atoms in total. The summed E-state index contributed by atoms with van der Waals surface area (Å²) in [7, 11) is 4.56. The number of hydrogen-bond donors (Lipinski definition) is 1. The van der Waals surface area contributed by atoms with Crippen molar-refractivity contribution >= 4 is 40.3 Å². The maximum absolute atomic E-state index is 13.4. The molecule has 0 aromatic heterocycles. The summed E-state index contributed by atoms with van der Waals surface area (Å²) in [6.45, 7) is 4.03. The third kappa shape index (κ3) is 6.93. The highest BCUT2D eigenvalue weighted by Crippen LogP contribution is 2.42. The number of hydrogen-bond acceptors (Lipinski definition) is 6. The second kappa shape index (κ2) is 13.5. The Morgan fingerprint density at radius 2 is 1.66 bits per heavy atom. The number of nitrogens with zero attached hydrogens (tertiary/aromatic N) is 2. The van der Waals surface area contributed by atoms with E-state index in [4.69, 9.17) is 14.2 Å². The molecule has 38 heavy (non-hydrogen) atoms. The number of rotatable bonds is 9. The molecule has 2 aliphatic heterocycles. The van der Waals surface area contributed by atoms with Gasteiger partial charge in [0, 0.05) is 24.1 Å². The molecule has 0 aliphatic carbocycles. The number of carbonyl (C=O) groups excluding carboxylic acids is 2. The van der Waals surface area contributed by atoms with E-state index in [0.29, 0.717) is 30.4 Å². The topological polar surface area (TPSA) is 80.3 Å². The minimum absolute atomic E-state index is 0. The lowest BCUT2D eigenvalue weighted by atomic mass is 9.77. The summed E-state index contributed by atoms with van der Waals surface area (Å²) in [4.78, 5) is 29.9. The van der Waals surface area contributed by atoms with Gasteiger partial charge in [-0.2, -0.15) is 0 Å². The molecular weight excluding hydrogens is 574 g/mol. The first kappa shape index (κ1) is 30.1. The monoisotopic (exact) mass is 609 g/mol. The molecule has 208 valence electrons. The van der Waals surface area contributed by atoms with Crippen molar-refractivity contribution in [1.82, 2.24) is 15.1 Å². The number of likely N-dealkylation sites (tertiary alicyclic amines) is 2. The van der Waals surface area contributed by atoms with Gasteiger partial charge in [-0.15, -0.1) is 12.4 Å². The van der Waals surface area contributed by atoms with E-state index in [1.54, 1.807) is 14.2 Å². The van der Waals surface area contributed by atoms with Crippen LogP contribution < -0.4 is 14.8 Å². The molecule has 2 saturated heterocycles. The Balaban J connectivity index is 0.00000400. The Bertz CT molecular complexity index is 1090. The van der Waals surface area contributed by atoms with Crippen molar-refractivity contribution in [2.45, 2.75) is 38.3 Å². The Hall–Kier alpha value is -2.49. The van der Waals surface area contributed by atoms with Gasteiger partial charge < -0.3 is 29.3 Å². The number of nitrogens with one attached hydrogen (secondary N) is 1. The average Bonchev–Trinajstić information content (AvgIpc) is 3.22. The Kier molecular flexibility index (Phi) is 10.7. The molecule has 2 aromatic rings. The molecule has 2 amide bonds. The van der Waals surface area contributed by atoms with Gasteiger partial charge in [-0.05, 0) is 74.2 Å². The summed E-state index contributed by atoms with van der Waals surface area (Å²) < 4.78 is 16.7. The number of carbonyl (C=O) groups is 2. The maximum atomic E-state index is 13.4. The molecule has 1 spiro atoms. The quantitative estimate of drug-likeness (QED) is 0.421. The Morgan fingerprint density at radius 3 is 2.29 bits per heavy atom. The molecule has 0 saturated carbocycles. The molecule has 1 unspecified atom stereocenters. The van der Waals surface area contributed by atoms with E-state index in [1.165, 1.54) is 7.11 Å². The van der Waals surface area contributed by atoms with Gasteiger partial charge in [-0.25, -0.2) is 4.79 Å². The van der Waals surface area contributed by atoms with E-state index < -0.39 is 6.09 Å². The smallest absolute Gasteiger partial charge is 0.407 e. The predicted molar refractivity (Wildman–Crippen MR) is 152 cm³/mol. The van der Waals surface area contributed by atoms with Crippen LogP contribution in [0.15, 0.2) is 46.9 Å². The van der Waals surface area contributed by atoms with E-state index >= 15 is 0 Å². The van der Waals surface area contributed by atoms with Crippen molar-refractivity contribution < 1.29 is 23.8 Å². The lowest BCUT2D eigenvalue weighted by Crippen LogP contribution is -2.45. The van der Waals surface area contributed by atoms with Gasteiger partial charge in [0.25, 0.3) is 0 Å². The highest BCUT2D eigenvalue weighted by atomic mass is 79.9.